The van der Waals surface area contributed by atoms with Gasteiger partial charge in [-0.25, -0.2) is 0 Å². The second kappa shape index (κ2) is 5.58. The first-order chi connectivity index (χ1) is 8.70. The lowest BCUT2D eigenvalue weighted by molar-refractivity contribution is 0.341. The van der Waals surface area contributed by atoms with Gasteiger partial charge in [0.15, 0.2) is 0 Å². The third-order valence-corrected chi connectivity index (χ3v) is 2.49. The van der Waals surface area contributed by atoms with Crippen molar-refractivity contribution in [2.45, 2.75) is 26.8 Å². The second-order valence-corrected chi connectivity index (χ2v) is 4.40. The number of aromatic nitrogens is 2. The summed E-state index contributed by atoms with van der Waals surface area (Å²) in [6.07, 6.45) is 0. The molecule has 0 bridgehead atoms. The van der Waals surface area contributed by atoms with E-state index in [1.807, 2.05) is 37.3 Å². The molecule has 0 aliphatic carbocycles. The van der Waals surface area contributed by atoms with Gasteiger partial charge in [0, 0.05) is 17.7 Å². The molecule has 0 unspecified atom stereocenters. The lowest BCUT2D eigenvalue weighted by atomic mass is 10.1. The van der Waals surface area contributed by atoms with Crippen molar-refractivity contribution in [3.63, 3.8) is 0 Å². The van der Waals surface area contributed by atoms with E-state index in [2.05, 4.69) is 29.4 Å². The van der Waals surface area contributed by atoms with Crippen LogP contribution in [0.15, 0.2) is 30.3 Å². The number of ether oxygens (including phenoxy) is 1. The number of hydrogen-bond donors (Lipinski definition) is 2. The summed E-state index contributed by atoms with van der Waals surface area (Å²) in [5.41, 5.74) is 1.99. The smallest absolute Gasteiger partial charge is 0.148 e. The van der Waals surface area contributed by atoms with Crippen LogP contribution in [0.1, 0.15) is 20.8 Å². The van der Waals surface area contributed by atoms with Crippen molar-refractivity contribution in [3.8, 4) is 17.0 Å². The maximum Gasteiger partial charge on any atom is 0.148 e. The molecule has 4 heteroatoms. The number of para-hydroxylation sites is 1. The highest BCUT2D eigenvalue weighted by Crippen LogP contribution is 2.29. The van der Waals surface area contributed by atoms with Gasteiger partial charge in [0.2, 0.25) is 0 Å². The molecule has 2 rings (SSSR count). The van der Waals surface area contributed by atoms with E-state index in [4.69, 9.17) is 4.74 Å². The van der Waals surface area contributed by atoms with Crippen LogP contribution >= 0.6 is 0 Å². The van der Waals surface area contributed by atoms with Gasteiger partial charge in [-0.2, -0.15) is 5.10 Å². The average Bonchev–Trinajstić information content (AvgIpc) is 2.77. The van der Waals surface area contributed by atoms with Gasteiger partial charge in [-0.1, -0.05) is 12.1 Å². The number of benzene rings is 1. The molecule has 1 aromatic heterocycles. The third-order valence-electron chi connectivity index (χ3n) is 2.49. The van der Waals surface area contributed by atoms with Gasteiger partial charge in [0.25, 0.3) is 0 Å². The molecule has 1 aromatic carbocycles. The van der Waals surface area contributed by atoms with Gasteiger partial charge in [-0.3, -0.25) is 5.10 Å². The lowest BCUT2D eigenvalue weighted by Crippen LogP contribution is -2.09. The molecule has 0 saturated heterocycles. The van der Waals surface area contributed by atoms with Crippen LogP contribution in [0.2, 0.25) is 0 Å². The summed E-state index contributed by atoms with van der Waals surface area (Å²) in [6, 6.07) is 10.3. The highest BCUT2D eigenvalue weighted by Gasteiger charge is 2.09. The molecule has 0 saturated carbocycles. The van der Waals surface area contributed by atoms with E-state index in [1.54, 1.807) is 0 Å². The second-order valence-electron chi connectivity index (χ2n) is 4.40. The van der Waals surface area contributed by atoms with Crippen molar-refractivity contribution in [1.29, 1.82) is 0 Å². The SMILES string of the molecule is CCOc1ccccc1-c1cc(NC(C)C)n[nH]1. The number of rotatable bonds is 5. The van der Waals surface area contributed by atoms with Gasteiger partial charge < -0.3 is 10.1 Å². The van der Waals surface area contributed by atoms with Crippen LogP contribution in [0, 0.1) is 0 Å². The molecule has 18 heavy (non-hydrogen) atoms. The van der Waals surface area contributed by atoms with Crippen molar-refractivity contribution in [2.24, 2.45) is 0 Å². The number of hydrogen-bond acceptors (Lipinski definition) is 3. The normalized spacial score (nSPS) is 10.7. The van der Waals surface area contributed by atoms with Gasteiger partial charge in [0.1, 0.15) is 11.6 Å². The topological polar surface area (TPSA) is 49.9 Å². The first kappa shape index (κ1) is 12.5. The Morgan fingerprint density at radius 1 is 1.33 bits per heavy atom. The minimum atomic E-state index is 0.364. The summed E-state index contributed by atoms with van der Waals surface area (Å²) < 4.78 is 5.61. The van der Waals surface area contributed by atoms with Crippen molar-refractivity contribution in [1.82, 2.24) is 10.2 Å². The summed E-state index contributed by atoms with van der Waals surface area (Å²) in [6.45, 7) is 6.81. The zero-order chi connectivity index (χ0) is 13.0. The van der Waals surface area contributed by atoms with Crippen LogP contribution in [0.3, 0.4) is 0 Å². The summed E-state index contributed by atoms with van der Waals surface area (Å²) in [5.74, 6) is 1.73. The molecule has 96 valence electrons. The summed E-state index contributed by atoms with van der Waals surface area (Å²) in [5, 5.41) is 10.5. The number of anilines is 1. The number of nitrogens with one attached hydrogen (secondary N) is 2. The predicted octanol–water partition coefficient (Wildman–Crippen LogP) is 3.30. The number of H-pyrrole nitrogens is 1. The van der Waals surface area contributed by atoms with Gasteiger partial charge >= 0.3 is 0 Å². The van der Waals surface area contributed by atoms with Crippen molar-refractivity contribution >= 4 is 5.82 Å². The quantitative estimate of drug-likeness (QED) is 0.849. The van der Waals surface area contributed by atoms with Crippen LogP contribution in [-0.4, -0.2) is 22.8 Å². The standard InChI is InChI=1S/C14H19N3O/c1-4-18-13-8-6-5-7-11(13)12-9-14(17-16-12)15-10(2)3/h5-10H,4H2,1-3H3,(H2,15,16,17). The molecule has 2 aromatic rings. The maximum atomic E-state index is 5.61. The molecule has 0 amide bonds. The molecule has 4 nitrogen and oxygen atoms in total. The lowest BCUT2D eigenvalue weighted by Gasteiger charge is -2.07. The van der Waals surface area contributed by atoms with E-state index in [0.29, 0.717) is 12.6 Å². The third kappa shape index (κ3) is 2.83. The fourth-order valence-corrected chi connectivity index (χ4v) is 1.80. The minimum absolute atomic E-state index is 0.364. The molecule has 0 spiro atoms. The average molecular weight is 245 g/mol. The molecule has 0 aliphatic heterocycles. The Kier molecular flexibility index (Phi) is 3.87. The van der Waals surface area contributed by atoms with Crippen molar-refractivity contribution in [3.05, 3.63) is 30.3 Å². The van der Waals surface area contributed by atoms with Crippen LogP contribution in [-0.2, 0) is 0 Å². The molecule has 0 aliphatic rings. The largest absolute Gasteiger partial charge is 0.493 e. The predicted molar refractivity (Wildman–Crippen MR) is 74.0 cm³/mol. The Labute approximate surface area is 107 Å². The van der Waals surface area contributed by atoms with E-state index >= 15 is 0 Å². The Morgan fingerprint density at radius 2 is 2.11 bits per heavy atom. The van der Waals surface area contributed by atoms with E-state index in [9.17, 15) is 0 Å². The fraction of sp³-hybridized carbons (Fsp3) is 0.357. The van der Waals surface area contributed by atoms with Crippen LogP contribution in [0.5, 0.6) is 5.75 Å². The van der Waals surface area contributed by atoms with Crippen molar-refractivity contribution in [2.75, 3.05) is 11.9 Å². The summed E-state index contributed by atoms with van der Waals surface area (Å²) in [7, 11) is 0. The summed E-state index contributed by atoms with van der Waals surface area (Å²) in [4.78, 5) is 0. The number of aromatic amines is 1. The van der Waals surface area contributed by atoms with Gasteiger partial charge in [0.05, 0.1) is 12.3 Å². The zero-order valence-corrected chi connectivity index (χ0v) is 11.0. The first-order valence-electron chi connectivity index (χ1n) is 6.25. The molecule has 0 atom stereocenters. The highest BCUT2D eigenvalue weighted by molar-refractivity contribution is 5.69. The van der Waals surface area contributed by atoms with Gasteiger partial charge in [-0.15, -0.1) is 0 Å². The Balaban J connectivity index is 2.28. The first-order valence-corrected chi connectivity index (χ1v) is 6.25. The van der Waals surface area contributed by atoms with Crippen LogP contribution < -0.4 is 10.1 Å². The Bertz CT molecular complexity index is 505. The monoisotopic (exact) mass is 245 g/mol. The fourth-order valence-electron chi connectivity index (χ4n) is 1.80. The Hall–Kier alpha value is -1.97. The molecule has 0 radical (unpaired) electrons. The van der Waals surface area contributed by atoms with E-state index in [-0.39, 0.29) is 0 Å². The molecular formula is C14H19N3O. The van der Waals surface area contributed by atoms with Gasteiger partial charge in [-0.05, 0) is 32.9 Å². The van der Waals surface area contributed by atoms with E-state index in [1.165, 1.54) is 0 Å². The molecular weight excluding hydrogens is 226 g/mol. The zero-order valence-electron chi connectivity index (χ0n) is 11.0. The highest BCUT2D eigenvalue weighted by atomic mass is 16.5. The minimum Gasteiger partial charge on any atom is -0.493 e. The maximum absolute atomic E-state index is 5.61. The number of nitrogens with zero attached hydrogens (tertiary/aromatic N) is 1. The van der Waals surface area contributed by atoms with E-state index < -0.39 is 0 Å². The summed E-state index contributed by atoms with van der Waals surface area (Å²) >= 11 is 0. The van der Waals surface area contributed by atoms with Crippen molar-refractivity contribution < 1.29 is 4.74 Å². The molecule has 1 heterocycles. The Morgan fingerprint density at radius 3 is 2.83 bits per heavy atom. The van der Waals surface area contributed by atoms with Crippen LogP contribution in [0.25, 0.3) is 11.3 Å². The molecule has 2 N–H and O–H groups in total. The van der Waals surface area contributed by atoms with Crippen LogP contribution in [0.4, 0.5) is 5.82 Å². The van der Waals surface area contributed by atoms with E-state index in [0.717, 1.165) is 22.8 Å². The molecule has 0 fully saturated rings.